The third-order valence-corrected chi connectivity index (χ3v) is 4.00. The molecule has 0 radical (unpaired) electrons. The summed E-state index contributed by atoms with van der Waals surface area (Å²) >= 11 is 0. The molecule has 3 N–H and O–H groups in total. The van der Waals surface area contributed by atoms with Crippen LogP contribution in [0.25, 0.3) is 0 Å². The maximum Gasteiger partial charge on any atom is 0.407 e. The Morgan fingerprint density at radius 1 is 1.45 bits per heavy atom. The molecular weight excluding hydrogens is 256 g/mol. The molecule has 1 heterocycles. The Morgan fingerprint density at radius 2 is 2.15 bits per heavy atom. The fourth-order valence-corrected chi connectivity index (χ4v) is 2.77. The zero-order valence-electron chi connectivity index (χ0n) is 11.7. The molecule has 1 aliphatic heterocycles. The first-order valence-corrected chi connectivity index (χ1v) is 7.01. The van der Waals surface area contributed by atoms with Gasteiger partial charge in [0.1, 0.15) is 0 Å². The van der Waals surface area contributed by atoms with Gasteiger partial charge in [-0.25, -0.2) is 4.79 Å². The lowest BCUT2D eigenvalue weighted by Gasteiger charge is -2.38. The molecular formula is C15H22N2O3. The molecule has 0 aliphatic carbocycles. The van der Waals surface area contributed by atoms with Crippen LogP contribution in [0.4, 0.5) is 4.79 Å². The first-order valence-electron chi connectivity index (χ1n) is 7.01. The van der Waals surface area contributed by atoms with E-state index in [0.29, 0.717) is 13.1 Å². The predicted octanol–water partition coefficient (Wildman–Crippen LogP) is 1.70. The van der Waals surface area contributed by atoms with Gasteiger partial charge in [0.2, 0.25) is 0 Å². The van der Waals surface area contributed by atoms with Crippen molar-refractivity contribution in [2.45, 2.75) is 25.4 Å². The number of benzene rings is 1. The van der Waals surface area contributed by atoms with Gasteiger partial charge in [0.05, 0.1) is 0 Å². The van der Waals surface area contributed by atoms with Gasteiger partial charge in [-0.1, -0.05) is 30.3 Å². The molecule has 2 rings (SSSR count). The van der Waals surface area contributed by atoms with E-state index in [2.05, 4.69) is 24.4 Å². The van der Waals surface area contributed by atoms with E-state index in [4.69, 9.17) is 5.11 Å². The van der Waals surface area contributed by atoms with Crippen LogP contribution in [-0.4, -0.2) is 46.9 Å². The molecule has 1 saturated heterocycles. The number of amides is 1. The minimum absolute atomic E-state index is 0.00293. The normalized spacial score (nSPS) is 24.4. The number of hydrogen-bond acceptors (Lipinski definition) is 3. The van der Waals surface area contributed by atoms with Crippen LogP contribution in [0, 0.1) is 5.92 Å². The Bertz CT molecular complexity index is 438. The summed E-state index contributed by atoms with van der Waals surface area (Å²) < 4.78 is 0. The molecule has 1 aromatic carbocycles. The average molecular weight is 278 g/mol. The summed E-state index contributed by atoms with van der Waals surface area (Å²) in [5.41, 5.74) is 1.20. The minimum Gasteiger partial charge on any atom is -0.465 e. The number of hydrogen-bond donors (Lipinski definition) is 3. The van der Waals surface area contributed by atoms with Gasteiger partial charge < -0.3 is 20.4 Å². The predicted molar refractivity (Wildman–Crippen MR) is 76.6 cm³/mol. The van der Waals surface area contributed by atoms with Crippen LogP contribution in [0.3, 0.4) is 0 Å². The standard InChI is InChI=1S/C15H22N2O3/c1-11(12-5-3-2-4-6-12)16-14-7-8-17(15(19)20)9-13(14)10-18/h2-6,11,13-14,16,18H,7-10H2,1H3,(H,19,20)/t11-,13?,14?/m1/s1. The molecule has 1 amide bonds. The zero-order valence-corrected chi connectivity index (χ0v) is 11.7. The minimum atomic E-state index is -0.905. The highest BCUT2D eigenvalue weighted by molar-refractivity contribution is 5.65. The van der Waals surface area contributed by atoms with Crippen LogP contribution >= 0.6 is 0 Å². The third kappa shape index (κ3) is 3.49. The number of carbonyl (C=O) groups is 1. The Balaban J connectivity index is 1.97. The fourth-order valence-electron chi connectivity index (χ4n) is 2.77. The molecule has 0 aromatic heterocycles. The number of nitrogens with zero attached hydrogens (tertiary/aromatic N) is 1. The summed E-state index contributed by atoms with van der Waals surface area (Å²) in [5, 5.41) is 22.0. The van der Waals surface area contributed by atoms with Gasteiger partial charge in [0.15, 0.2) is 0 Å². The molecule has 1 aliphatic rings. The molecule has 1 fully saturated rings. The molecule has 0 saturated carbocycles. The highest BCUT2D eigenvalue weighted by Gasteiger charge is 2.31. The lowest BCUT2D eigenvalue weighted by molar-refractivity contribution is 0.0779. The third-order valence-electron chi connectivity index (χ3n) is 4.00. The van der Waals surface area contributed by atoms with E-state index in [1.807, 2.05) is 18.2 Å². The van der Waals surface area contributed by atoms with E-state index in [-0.39, 0.29) is 24.6 Å². The maximum atomic E-state index is 11.0. The summed E-state index contributed by atoms with van der Waals surface area (Å²) in [4.78, 5) is 12.4. The molecule has 3 atom stereocenters. The average Bonchev–Trinajstić information content (AvgIpc) is 2.48. The van der Waals surface area contributed by atoms with Gasteiger partial charge in [-0.05, 0) is 18.9 Å². The van der Waals surface area contributed by atoms with E-state index in [1.54, 1.807) is 0 Å². The summed E-state index contributed by atoms with van der Waals surface area (Å²) in [6, 6.07) is 10.5. The molecule has 1 aromatic rings. The number of aliphatic hydroxyl groups excluding tert-OH is 1. The second-order valence-electron chi connectivity index (χ2n) is 5.37. The fraction of sp³-hybridized carbons (Fsp3) is 0.533. The summed E-state index contributed by atoms with van der Waals surface area (Å²) in [7, 11) is 0. The SMILES string of the molecule is C[C@@H](NC1CCN(C(=O)O)CC1CO)c1ccccc1. The van der Waals surface area contributed by atoms with Gasteiger partial charge in [0.25, 0.3) is 0 Å². The van der Waals surface area contributed by atoms with Gasteiger partial charge in [-0.2, -0.15) is 0 Å². The summed E-state index contributed by atoms with van der Waals surface area (Å²) in [6.45, 7) is 3.01. The van der Waals surface area contributed by atoms with E-state index in [1.165, 1.54) is 10.5 Å². The van der Waals surface area contributed by atoms with E-state index >= 15 is 0 Å². The van der Waals surface area contributed by atoms with Crippen LogP contribution in [-0.2, 0) is 0 Å². The molecule has 0 bridgehead atoms. The Hall–Kier alpha value is -1.59. The maximum absolute atomic E-state index is 11.0. The van der Waals surface area contributed by atoms with Crippen LogP contribution in [0.15, 0.2) is 30.3 Å². The smallest absolute Gasteiger partial charge is 0.407 e. The number of piperidine rings is 1. The van der Waals surface area contributed by atoms with Crippen molar-refractivity contribution in [3.8, 4) is 0 Å². The van der Waals surface area contributed by atoms with Crippen LogP contribution in [0.1, 0.15) is 24.9 Å². The summed E-state index contributed by atoms with van der Waals surface area (Å²) in [5.74, 6) is -0.0500. The van der Waals surface area contributed by atoms with E-state index in [9.17, 15) is 9.90 Å². The molecule has 110 valence electrons. The van der Waals surface area contributed by atoms with Gasteiger partial charge in [0, 0.05) is 37.7 Å². The Kier molecular flexibility index (Phi) is 4.98. The molecule has 2 unspecified atom stereocenters. The second kappa shape index (κ2) is 6.72. The van der Waals surface area contributed by atoms with Crippen LogP contribution < -0.4 is 5.32 Å². The number of nitrogens with one attached hydrogen (secondary N) is 1. The first-order chi connectivity index (χ1) is 9.61. The van der Waals surface area contributed by atoms with Crippen molar-refractivity contribution < 1.29 is 15.0 Å². The van der Waals surface area contributed by atoms with Gasteiger partial charge in [-0.3, -0.25) is 0 Å². The molecule has 5 nitrogen and oxygen atoms in total. The number of likely N-dealkylation sites (tertiary alicyclic amines) is 1. The number of carboxylic acid groups (broad SMARTS) is 1. The quantitative estimate of drug-likeness (QED) is 0.784. The van der Waals surface area contributed by atoms with Crippen molar-refractivity contribution in [3.05, 3.63) is 35.9 Å². The van der Waals surface area contributed by atoms with E-state index in [0.717, 1.165) is 6.42 Å². The second-order valence-corrected chi connectivity index (χ2v) is 5.37. The zero-order chi connectivity index (χ0) is 14.5. The first kappa shape index (κ1) is 14.8. The van der Waals surface area contributed by atoms with E-state index < -0.39 is 6.09 Å². The number of rotatable bonds is 4. The molecule has 0 spiro atoms. The molecule has 20 heavy (non-hydrogen) atoms. The Labute approximate surface area is 119 Å². The van der Waals surface area contributed by atoms with Crippen molar-refractivity contribution in [2.75, 3.05) is 19.7 Å². The monoisotopic (exact) mass is 278 g/mol. The van der Waals surface area contributed by atoms with Crippen LogP contribution in [0.5, 0.6) is 0 Å². The van der Waals surface area contributed by atoms with Crippen molar-refractivity contribution in [1.82, 2.24) is 10.2 Å². The van der Waals surface area contributed by atoms with Crippen molar-refractivity contribution in [3.63, 3.8) is 0 Å². The van der Waals surface area contributed by atoms with Gasteiger partial charge in [-0.15, -0.1) is 0 Å². The van der Waals surface area contributed by atoms with Crippen molar-refractivity contribution >= 4 is 6.09 Å². The van der Waals surface area contributed by atoms with Crippen molar-refractivity contribution in [2.24, 2.45) is 5.92 Å². The Morgan fingerprint density at radius 3 is 2.75 bits per heavy atom. The van der Waals surface area contributed by atoms with Crippen LogP contribution in [0.2, 0.25) is 0 Å². The highest BCUT2D eigenvalue weighted by Crippen LogP contribution is 2.21. The van der Waals surface area contributed by atoms with Gasteiger partial charge >= 0.3 is 6.09 Å². The largest absolute Gasteiger partial charge is 0.465 e. The highest BCUT2D eigenvalue weighted by atomic mass is 16.4. The summed E-state index contributed by atoms with van der Waals surface area (Å²) in [6.07, 6.45) is -0.174. The topological polar surface area (TPSA) is 72.8 Å². The number of aliphatic hydroxyl groups is 1. The lowest BCUT2D eigenvalue weighted by Crippen LogP contribution is -2.52. The molecule has 5 heteroatoms. The van der Waals surface area contributed by atoms with Crippen molar-refractivity contribution in [1.29, 1.82) is 0 Å². The lowest BCUT2D eigenvalue weighted by atomic mass is 9.91.